The van der Waals surface area contributed by atoms with E-state index >= 15 is 0 Å². The van der Waals surface area contributed by atoms with Gasteiger partial charge >= 0.3 is 0 Å². The van der Waals surface area contributed by atoms with Crippen LogP contribution >= 0.6 is 11.3 Å². The van der Waals surface area contributed by atoms with Gasteiger partial charge in [-0.1, -0.05) is 5.21 Å². The summed E-state index contributed by atoms with van der Waals surface area (Å²) in [6, 6.07) is 3.52. The first-order chi connectivity index (χ1) is 9.81. The van der Waals surface area contributed by atoms with E-state index in [2.05, 4.69) is 20.3 Å². The monoisotopic (exact) mass is 287 g/mol. The van der Waals surface area contributed by atoms with Crippen LogP contribution in [0.15, 0.2) is 36.2 Å². The van der Waals surface area contributed by atoms with E-state index in [1.54, 1.807) is 28.8 Å². The van der Waals surface area contributed by atoms with Gasteiger partial charge in [-0.25, -0.2) is 9.67 Å². The van der Waals surface area contributed by atoms with Crippen molar-refractivity contribution in [2.75, 3.05) is 6.61 Å². The fraction of sp³-hybridized carbons (Fsp3) is 0.231. The number of aryl methyl sites for hydroxylation is 1. The van der Waals surface area contributed by atoms with Crippen LogP contribution in [0.3, 0.4) is 0 Å². The summed E-state index contributed by atoms with van der Waals surface area (Å²) in [6.07, 6.45) is 5.15. The topological polar surface area (TPSA) is 76.7 Å². The molecule has 0 bridgehead atoms. The molecule has 0 aliphatic heterocycles. The standard InChI is InChI=1S/C13H13N5OS/c1-9-13(20-8-15-9)12(7-19)18-11(6-16-17-18)10-3-2-4-14-5-10/h2-6,8,12,19H,7H2,1H3. The second-order valence-electron chi connectivity index (χ2n) is 4.31. The molecule has 0 fully saturated rings. The molecule has 7 heteroatoms. The Morgan fingerprint density at radius 3 is 2.95 bits per heavy atom. The van der Waals surface area contributed by atoms with Crippen LogP contribution in [0.5, 0.6) is 0 Å². The van der Waals surface area contributed by atoms with Crippen LogP contribution in [0.2, 0.25) is 0 Å². The SMILES string of the molecule is Cc1ncsc1C(CO)n1nncc1-c1cccnc1. The van der Waals surface area contributed by atoms with Gasteiger partial charge in [0.2, 0.25) is 0 Å². The van der Waals surface area contributed by atoms with Gasteiger partial charge in [0.1, 0.15) is 6.04 Å². The molecule has 3 rings (SSSR count). The Labute approximate surface area is 119 Å². The van der Waals surface area contributed by atoms with Crippen LogP contribution in [0.4, 0.5) is 0 Å². The Bertz CT molecular complexity index is 694. The summed E-state index contributed by atoms with van der Waals surface area (Å²) in [7, 11) is 0. The van der Waals surface area contributed by atoms with E-state index in [-0.39, 0.29) is 12.6 Å². The lowest BCUT2D eigenvalue weighted by molar-refractivity contribution is 0.241. The van der Waals surface area contributed by atoms with Crippen molar-refractivity contribution in [3.05, 3.63) is 46.8 Å². The fourth-order valence-corrected chi connectivity index (χ4v) is 2.98. The number of aromatic nitrogens is 5. The van der Waals surface area contributed by atoms with E-state index in [1.165, 1.54) is 11.3 Å². The van der Waals surface area contributed by atoms with E-state index in [0.29, 0.717) is 0 Å². The molecule has 0 radical (unpaired) electrons. The van der Waals surface area contributed by atoms with Gasteiger partial charge in [0, 0.05) is 18.0 Å². The Hall–Kier alpha value is -2.12. The van der Waals surface area contributed by atoms with Crippen molar-refractivity contribution in [3.63, 3.8) is 0 Å². The first kappa shape index (κ1) is 12.9. The van der Waals surface area contributed by atoms with Crippen molar-refractivity contribution in [2.24, 2.45) is 0 Å². The molecule has 1 N–H and O–H groups in total. The average Bonchev–Trinajstić information content (AvgIpc) is 3.11. The summed E-state index contributed by atoms with van der Waals surface area (Å²) >= 11 is 1.51. The lowest BCUT2D eigenvalue weighted by Crippen LogP contribution is -2.17. The number of hydrogen-bond acceptors (Lipinski definition) is 6. The predicted octanol–water partition coefficient (Wildman–Crippen LogP) is 1.69. The lowest BCUT2D eigenvalue weighted by atomic mass is 10.2. The largest absolute Gasteiger partial charge is 0.394 e. The lowest BCUT2D eigenvalue weighted by Gasteiger charge is -2.16. The molecule has 20 heavy (non-hydrogen) atoms. The normalized spacial score (nSPS) is 12.5. The van der Waals surface area contributed by atoms with Crippen LogP contribution in [0.25, 0.3) is 11.3 Å². The molecule has 0 saturated carbocycles. The second-order valence-corrected chi connectivity index (χ2v) is 5.19. The highest BCUT2D eigenvalue weighted by atomic mass is 32.1. The van der Waals surface area contributed by atoms with Gasteiger partial charge < -0.3 is 5.11 Å². The van der Waals surface area contributed by atoms with Crippen LogP contribution < -0.4 is 0 Å². The number of aliphatic hydroxyl groups is 1. The van der Waals surface area contributed by atoms with E-state index in [4.69, 9.17) is 0 Å². The minimum atomic E-state index is -0.278. The van der Waals surface area contributed by atoms with E-state index in [0.717, 1.165) is 21.8 Å². The van der Waals surface area contributed by atoms with E-state index < -0.39 is 0 Å². The number of thiazole rings is 1. The summed E-state index contributed by atoms with van der Waals surface area (Å²) in [6.45, 7) is 1.87. The van der Waals surface area contributed by atoms with Crippen molar-refractivity contribution >= 4 is 11.3 Å². The number of nitrogens with zero attached hydrogens (tertiary/aromatic N) is 5. The van der Waals surface area contributed by atoms with E-state index in [9.17, 15) is 5.11 Å². The molecule has 6 nitrogen and oxygen atoms in total. The molecule has 0 saturated heterocycles. The molecule has 0 aliphatic carbocycles. The third-order valence-electron chi connectivity index (χ3n) is 3.09. The molecule has 1 atom stereocenters. The van der Waals surface area contributed by atoms with Crippen LogP contribution in [-0.2, 0) is 0 Å². The molecule has 0 aromatic carbocycles. The highest BCUT2D eigenvalue weighted by Gasteiger charge is 2.21. The van der Waals surface area contributed by atoms with Crippen molar-refractivity contribution in [2.45, 2.75) is 13.0 Å². The zero-order chi connectivity index (χ0) is 13.9. The zero-order valence-electron chi connectivity index (χ0n) is 10.8. The maximum absolute atomic E-state index is 9.74. The van der Waals surface area contributed by atoms with Crippen molar-refractivity contribution < 1.29 is 5.11 Å². The second kappa shape index (κ2) is 5.48. The minimum Gasteiger partial charge on any atom is -0.394 e. The van der Waals surface area contributed by atoms with Gasteiger partial charge in [-0.3, -0.25) is 4.98 Å². The number of rotatable bonds is 4. The smallest absolute Gasteiger partial charge is 0.113 e. The Balaban J connectivity index is 2.07. The minimum absolute atomic E-state index is 0.0559. The van der Waals surface area contributed by atoms with Crippen molar-refractivity contribution in [1.82, 2.24) is 25.0 Å². The maximum Gasteiger partial charge on any atom is 0.113 e. The summed E-state index contributed by atoms with van der Waals surface area (Å²) in [4.78, 5) is 9.33. The maximum atomic E-state index is 9.74. The molecular formula is C13H13N5OS. The molecule has 3 heterocycles. The predicted molar refractivity (Wildman–Crippen MR) is 75.3 cm³/mol. The quantitative estimate of drug-likeness (QED) is 0.790. The molecule has 3 aromatic rings. The molecule has 1 unspecified atom stereocenters. The van der Waals surface area contributed by atoms with Gasteiger partial charge in [-0.15, -0.1) is 16.4 Å². The van der Waals surface area contributed by atoms with Crippen LogP contribution in [-0.4, -0.2) is 36.7 Å². The number of pyridine rings is 1. The summed E-state index contributed by atoms with van der Waals surface area (Å²) in [5.41, 5.74) is 4.42. The number of hydrogen-bond donors (Lipinski definition) is 1. The fourth-order valence-electron chi connectivity index (χ4n) is 2.10. The van der Waals surface area contributed by atoms with Gasteiger partial charge in [0.15, 0.2) is 0 Å². The summed E-state index contributed by atoms with van der Waals surface area (Å²) in [5, 5.41) is 17.8. The molecule has 3 aromatic heterocycles. The highest BCUT2D eigenvalue weighted by molar-refractivity contribution is 7.09. The zero-order valence-corrected chi connectivity index (χ0v) is 11.7. The van der Waals surface area contributed by atoms with Gasteiger partial charge in [-0.05, 0) is 19.1 Å². The molecule has 0 amide bonds. The van der Waals surface area contributed by atoms with Crippen molar-refractivity contribution in [1.29, 1.82) is 0 Å². The van der Waals surface area contributed by atoms with Gasteiger partial charge in [0.25, 0.3) is 0 Å². The Morgan fingerprint density at radius 1 is 1.40 bits per heavy atom. The van der Waals surface area contributed by atoms with Crippen LogP contribution in [0.1, 0.15) is 16.6 Å². The molecular weight excluding hydrogens is 274 g/mol. The average molecular weight is 287 g/mol. The van der Waals surface area contributed by atoms with E-state index in [1.807, 2.05) is 19.1 Å². The molecule has 102 valence electrons. The third kappa shape index (κ3) is 2.21. The first-order valence-corrected chi connectivity index (χ1v) is 7.00. The van der Waals surface area contributed by atoms with Gasteiger partial charge in [0.05, 0.1) is 34.6 Å². The molecule has 0 spiro atoms. The summed E-state index contributed by atoms with van der Waals surface area (Å²) in [5.74, 6) is 0. The Morgan fingerprint density at radius 2 is 2.30 bits per heavy atom. The van der Waals surface area contributed by atoms with Gasteiger partial charge in [-0.2, -0.15) is 0 Å². The Kier molecular flexibility index (Phi) is 3.53. The first-order valence-electron chi connectivity index (χ1n) is 6.12. The van der Waals surface area contributed by atoms with Crippen LogP contribution in [0, 0.1) is 6.92 Å². The molecule has 0 aliphatic rings. The third-order valence-corrected chi connectivity index (χ3v) is 4.12. The number of aliphatic hydroxyl groups excluding tert-OH is 1. The van der Waals surface area contributed by atoms with Crippen molar-refractivity contribution in [3.8, 4) is 11.3 Å². The highest BCUT2D eigenvalue weighted by Crippen LogP contribution is 2.28. The summed E-state index contributed by atoms with van der Waals surface area (Å²) < 4.78 is 1.72.